The first kappa shape index (κ1) is 13.8. The van der Waals surface area contributed by atoms with Crippen LogP contribution in [0, 0.1) is 13.8 Å². The molecule has 0 aliphatic rings. The molecular weight excluding hydrogens is 316 g/mol. The summed E-state index contributed by atoms with van der Waals surface area (Å²) in [5.41, 5.74) is 2.59. The van der Waals surface area contributed by atoms with Gasteiger partial charge in [0.05, 0.1) is 0 Å². The monoisotopic (exact) mass is 326 g/mol. The van der Waals surface area contributed by atoms with Crippen LogP contribution >= 0.6 is 11.3 Å². The summed E-state index contributed by atoms with van der Waals surface area (Å²) in [5, 5.41) is 12.5. The Hall–Kier alpha value is -2.87. The van der Waals surface area contributed by atoms with Crippen molar-refractivity contribution >= 4 is 27.3 Å². The third-order valence-corrected chi connectivity index (χ3v) is 4.53. The van der Waals surface area contributed by atoms with Gasteiger partial charge in [-0.1, -0.05) is 11.3 Å². The summed E-state index contributed by atoms with van der Waals surface area (Å²) in [6, 6.07) is 4.98. The highest BCUT2D eigenvalue weighted by molar-refractivity contribution is 7.14. The zero-order chi connectivity index (χ0) is 16.1. The van der Waals surface area contributed by atoms with Gasteiger partial charge in [0, 0.05) is 17.0 Å². The smallest absolute Gasteiger partial charge is 0.336 e. The molecule has 0 amide bonds. The van der Waals surface area contributed by atoms with E-state index in [0.29, 0.717) is 21.5 Å². The maximum atomic E-state index is 12.4. The van der Waals surface area contributed by atoms with E-state index in [4.69, 9.17) is 4.42 Å². The van der Waals surface area contributed by atoms with Crippen molar-refractivity contribution < 1.29 is 4.42 Å². The summed E-state index contributed by atoms with van der Waals surface area (Å²) in [6.45, 7) is 3.89. The Morgan fingerprint density at radius 1 is 1.13 bits per heavy atom. The van der Waals surface area contributed by atoms with Gasteiger partial charge in [0.2, 0.25) is 4.96 Å². The van der Waals surface area contributed by atoms with E-state index in [1.165, 1.54) is 16.9 Å². The van der Waals surface area contributed by atoms with Gasteiger partial charge in [-0.2, -0.15) is 9.61 Å². The van der Waals surface area contributed by atoms with E-state index in [1.807, 2.05) is 19.9 Å². The lowest BCUT2D eigenvalue weighted by Gasteiger charge is -2.07. The highest BCUT2D eigenvalue weighted by Gasteiger charge is 2.15. The second kappa shape index (κ2) is 4.82. The predicted molar refractivity (Wildman–Crippen MR) is 85.9 cm³/mol. The fourth-order valence-corrected chi connectivity index (χ4v) is 3.10. The molecule has 0 aliphatic carbocycles. The first-order valence-electron chi connectivity index (χ1n) is 6.79. The van der Waals surface area contributed by atoms with Gasteiger partial charge in [0.1, 0.15) is 11.9 Å². The van der Waals surface area contributed by atoms with E-state index in [2.05, 4.69) is 15.3 Å². The second-order valence-electron chi connectivity index (χ2n) is 5.21. The highest BCUT2D eigenvalue weighted by atomic mass is 32.1. The number of aryl methyl sites for hydroxylation is 2. The lowest BCUT2D eigenvalue weighted by molar-refractivity contribution is 0.561. The normalized spacial score (nSPS) is 11.4. The summed E-state index contributed by atoms with van der Waals surface area (Å²) in [7, 11) is 0. The average Bonchev–Trinajstić information content (AvgIpc) is 2.94. The SMILES string of the molecule is Cc1cc2oc(=O)cc(-c3nn4cnnc4sc3=O)c2cc1C. The molecule has 0 bridgehead atoms. The molecule has 0 saturated carbocycles. The minimum atomic E-state index is -0.522. The lowest BCUT2D eigenvalue weighted by Crippen LogP contribution is -2.09. The highest BCUT2D eigenvalue weighted by Crippen LogP contribution is 2.27. The van der Waals surface area contributed by atoms with E-state index in [0.717, 1.165) is 22.5 Å². The maximum absolute atomic E-state index is 12.4. The van der Waals surface area contributed by atoms with Crippen molar-refractivity contribution in [3.05, 3.63) is 55.6 Å². The number of fused-ring (bicyclic) bond motifs is 2. The van der Waals surface area contributed by atoms with Crippen molar-refractivity contribution in [2.24, 2.45) is 0 Å². The first-order valence-corrected chi connectivity index (χ1v) is 7.61. The first-order chi connectivity index (χ1) is 11.0. The van der Waals surface area contributed by atoms with Crippen LogP contribution in [-0.2, 0) is 0 Å². The van der Waals surface area contributed by atoms with Gasteiger partial charge in [0.25, 0.3) is 4.74 Å². The van der Waals surface area contributed by atoms with Crippen LogP contribution in [0.3, 0.4) is 0 Å². The summed E-state index contributed by atoms with van der Waals surface area (Å²) < 4.78 is 6.40. The van der Waals surface area contributed by atoms with Crippen LogP contribution in [0.15, 0.2) is 38.5 Å². The van der Waals surface area contributed by atoms with E-state index in [9.17, 15) is 9.59 Å². The van der Waals surface area contributed by atoms with Crippen LogP contribution < -0.4 is 10.4 Å². The van der Waals surface area contributed by atoms with E-state index >= 15 is 0 Å². The Labute approximate surface area is 132 Å². The van der Waals surface area contributed by atoms with Gasteiger partial charge in [-0.15, -0.1) is 10.2 Å². The molecule has 1 aromatic carbocycles. The summed E-state index contributed by atoms with van der Waals surface area (Å²) in [5.74, 6) is 0. The number of nitrogens with zero attached hydrogens (tertiary/aromatic N) is 4. The maximum Gasteiger partial charge on any atom is 0.336 e. The van der Waals surface area contributed by atoms with Crippen molar-refractivity contribution in [1.82, 2.24) is 19.8 Å². The summed E-state index contributed by atoms with van der Waals surface area (Å²) in [6.07, 6.45) is 1.41. The fraction of sp³-hybridized carbons (Fsp3) is 0.133. The van der Waals surface area contributed by atoms with Gasteiger partial charge in [-0.05, 0) is 37.1 Å². The van der Waals surface area contributed by atoms with Gasteiger partial charge < -0.3 is 4.42 Å². The quantitative estimate of drug-likeness (QED) is 0.497. The zero-order valence-corrected chi connectivity index (χ0v) is 13.0. The third kappa shape index (κ3) is 2.15. The van der Waals surface area contributed by atoms with Crippen LogP contribution in [0.5, 0.6) is 0 Å². The standard InChI is InChI=1S/C15H10N4O3S/c1-7-3-9-10(5-12(20)22-11(9)4-8(7)2)13-14(21)23-15-17-16-6-19(15)18-13/h3-6H,1-2H3. The lowest BCUT2D eigenvalue weighted by atomic mass is 10.0. The van der Waals surface area contributed by atoms with Crippen molar-refractivity contribution in [3.8, 4) is 11.3 Å². The van der Waals surface area contributed by atoms with Crippen molar-refractivity contribution in [1.29, 1.82) is 0 Å². The molecule has 114 valence electrons. The average molecular weight is 326 g/mol. The molecule has 3 aromatic heterocycles. The topological polar surface area (TPSA) is 90.4 Å². The molecule has 0 radical (unpaired) electrons. The Morgan fingerprint density at radius 2 is 1.91 bits per heavy atom. The zero-order valence-electron chi connectivity index (χ0n) is 12.2. The molecule has 7 nitrogen and oxygen atoms in total. The second-order valence-corrected chi connectivity index (χ2v) is 6.15. The molecule has 0 saturated heterocycles. The number of rotatable bonds is 1. The van der Waals surface area contributed by atoms with Crippen LogP contribution in [-0.4, -0.2) is 19.8 Å². The number of aromatic nitrogens is 4. The number of hydrogen-bond acceptors (Lipinski definition) is 7. The summed E-state index contributed by atoms with van der Waals surface area (Å²) in [4.78, 5) is 24.7. The van der Waals surface area contributed by atoms with Crippen molar-refractivity contribution in [3.63, 3.8) is 0 Å². The van der Waals surface area contributed by atoms with Crippen LogP contribution in [0.1, 0.15) is 11.1 Å². The van der Waals surface area contributed by atoms with Gasteiger partial charge >= 0.3 is 5.63 Å². The number of hydrogen-bond donors (Lipinski definition) is 0. The molecule has 0 N–H and O–H groups in total. The minimum Gasteiger partial charge on any atom is -0.423 e. The number of benzene rings is 1. The molecule has 0 spiro atoms. The van der Waals surface area contributed by atoms with E-state index in [1.54, 1.807) is 6.07 Å². The van der Waals surface area contributed by atoms with Gasteiger partial charge in [-0.3, -0.25) is 4.79 Å². The molecule has 23 heavy (non-hydrogen) atoms. The summed E-state index contributed by atoms with van der Waals surface area (Å²) >= 11 is 0.930. The predicted octanol–water partition coefficient (Wildman–Crippen LogP) is 1.94. The fourth-order valence-electron chi connectivity index (χ4n) is 2.41. The van der Waals surface area contributed by atoms with Crippen molar-refractivity contribution in [2.45, 2.75) is 13.8 Å². The molecule has 3 heterocycles. The Kier molecular flexibility index (Phi) is 2.88. The van der Waals surface area contributed by atoms with Crippen LogP contribution in [0.25, 0.3) is 27.2 Å². The Bertz CT molecular complexity index is 1190. The molecule has 0 unspecified atom stereocenters. The van der Waals surface area contributed by atoms with E-state index in [-0.39, 0.29) is 10.4 Å². The molecule has 0 fully saturated rings. The van der Waals surface area contributed by atoms with Crippen LogP contribution in [0.2, 0.25) is 0 Å². The third-order valence-electron chi connectivity index (χ3n) is 3.70. The van der Waals surface area contributed by atoms with Gasteiger partial charge in [-0.25, -0.2) is 4.79 Å². The Morgan fingerprint density at radius 3 is 2.74 bits per heavy atom. The Balaban J connectivity index is 2.14. The molecule has 8 heteroatoms. The molecule has 4 rings (SSSR count). The molecular formula is C15H10N4O3S. The van der Waals surface area contributed by atoms with Crippen molar-refractivity contribution in [2.75, 3.05) is 0 Å². The van der Waals surface area contributed by atoms with Crippen LogP contribution in [0.4, 0.5) is 0 Å². The van der Waals surface area contributed by atoms with Gasteiger partial charge in [0.15, 0.2) is 5.69 Å². The largest absolute Gasteiger partial charge is 0.423 e. The molecule has 4 aromatic rings. The minimum absolute atomic E-state index is 0.184. The van der Waals surface area contributed by atoms with E-state index < -0.39 is 5.63 Å². The molecule has 0 atom stereocenters. The molecule has 0 aliphatic heterocycles.